The number of halogens is 1. The number of aryl methyl sites for hydroxylation is 1. The molecule has 1 amide bonds. The molecule has 0 aliphatic heterocycles. The van der Waals surface area contributed by atoms with Crippen molar-refractivity contribution in [2.24, 2.45) is 11.7 Å². The maximum absolute atomic E-state index is 12.2. The summed E-state index contributed by atoms with van der Waals surface area (Å²) in [5.74, 6) is 0.517. The molecule has 1 aliphatic rings. The Kier molecular flexibility index (Phi) is 7.91. The van der Waals surface area contributed by atoms with Crippen molar-refractivity contribution in [3.05, 3.63) is 35.4 Å². The first kappa shape index (κ1) is 19.0. The Morgan fingerprint density at radius 3 is 2.68 bits per heavy atom. The average molecular weight is 325 g/mol. The third-order valence-corrected chi connectivity index (χ3v) is 4.61. The van der Waals surface area contributed by atoms with E-state index < -0.39 is 0 Å². The molecule has 1 saturated carbocycles. The molecule has 22 heavy (non-hydrogen) atoms. The van der Waals surface area contributed by atoms with Gasteiger partial charge in [-0.25, -0.2) is 0 Å². The summed E-state index contributed by atoms with van der Waals surface area (Å²) >= 11 is 0. The number of rotatable bonds is 5. The van der Waals surface area contributed by atoms with Crippen molar-refractivity contribution in [1.82, 2.24) is 5.32 Å². The number of carbonyl (C=O) groups is 1. The number of hydrogen-bond acceptors (Lipinski definition) is 2. The van der Waals surface area contributed by atoms with Crippen LogP contribution in [0.15, 0.2) is 24.3 Å². The van der Waals surface area contributed by atoms with Gasteiger partial charge in [0.2, 0.25) is 5.91 Å². The fourth-order valence-electron chi connectivity index (χ4n) is 3.28. The highest BCUT2D eigenvalue weighted by Crippen LogP contribution is 2.25. The third-order valence-electron chi connectivity index (χ3n) is 4.61. The molecule has 1 fully saturated rings. The Labute approximate surface area is 140 Å². The van der Waals surface area contributed by atoms with Crippen LogP contribution < -0.4 is 11.1 Å². The molecule has 0 heterocycles. The molecule has 0 saturated heterocycles. The van der Waals surface area contributed by atoms with E-state index >= 15 is 0 Å². The standard InChI is InChI=1S/C18H28N2O.ClH/c1-13-7-3-4-8-15(13)11-14(2)20-18(21)12-16-9-5-6-10-17(16)19;/h3-4,7-8,14,16-17H,5-6,9-12,19H2,1-2H3,(H,20,21);1H. The van der Waals surface area contributed by atoms with Crippen molar-refractivity contribution in [1.29, 1.82) is 0 Å². The normalized spacial score (nSPS) is 22.5. The first-order chi connectivity index (χ1) is 10.1. The summed E-state index contributed by atoms with van der Waals surface area (Å²) in [6.07, 6.45) is 6.05. The van der Waals surface area contributed by atoms with Crippen molar-refractivity contribution in [2.75, 3.05) is 0 Å². The molecular formula is C18H29ClN2O. The second-order valence-electron chi connectivity index (χ2n) is 6.51. The molecule has 3 nitrogen and oxygen atoms in total. The van der Waals surface area contributed by atoms with E-state index in [1.54, 1.807) is 0 Å². The van der Waals surface area contributed by atoms with Gasteiger partial charge in [0.25, 0.3) is 0 Å². The Morgan fingerprint density at radius 1 is 1.32 bits per heavy atom. The Hall–Kier alpha value is -1.06. The summed E-state index contributed by atoms with van der Waals surface area (Å²) in [6, 6.07) is 8.72. The highest BCUT2D eigenvalue weighted by atomic mass is 35.5. The minimum atomic E-state index is 0. The minimum Gasteiger partial charge on any atom is -0.353 e. The van der Waals surface area contributed by atoms with Crippen molar-refractivity contribution in [2.45, 2.75) is 64.5 Å². The van der Waals surface area contributed by atoms with E-state index in [9.17, 15) is 4.79 Å². The number of nitrogens with one attached hydrogen (secondary N) is 1. The van der Waals surface area contributed by atoms with Crippen LogP contribution in [0, 0.1) is 12.8 Å². The van der Waals surface area contributed by atoms with Gasteiger partial charge in [-0.3, -0.25) is 4.79 Å². The van der Waals surface area contributed by atoms with Crippen LogP contribution in [0.3, 0.4) is 0 Å². The summed E-state index contributed by atoms with van der Waals surface area (Å²) in [4.78, 5) is 12.2. The lowest BCUT2D eigenvalue weighted by molar-refractivity contribution is -0.123. The van der Waals surface area contributed by atoms with Crippen LogP contribution in [0.4, 0.5) is 0 Å². The maximum Gasteiger partial charge on any atom is 0.220 e. The van der Waals surface area contributed by atoms with Gasteiger partial charge >= 0.3 is 0 Å². The SMILES string of the molecule is Cc1ccccc1CC(C)NC(=O)CC1CCCCC1N.Cl. The highest BCUT2D eigenvalue weighted by molar-refractivity contribution is 5.85. The lowest BCUT2D eigenvalue weighted by Crippen LogP contribution is -2.40. The zero-order chi connectivity index (χ0) is 15.2. The monoisotopic (exact) mass is 324 g/mol. The van der Waals surface area contributed by atoms with Gasteiger partial charge in [0, 0.05) is 18.5 Å². The predicted octanol–water partition coefficient (Wildman–Crippen LogP) is 3.37. The second kappa shape index (κ2) is 9.16. The highest BCUT2D eigenvalue weighted by Gasteiger charge is 2.24. The molecule has 1 aromatic carbocycles. The summed E-state index contributed by atoms with van der Waals surface area (Å²) in [5, 5.41) is 3.13. The quantitative estimate of drug-likeness (QED) is 0.872. The smallest absolute Gasteiger partial charge is 0.220 e. The molecule has 1 aliphatic carbocycles. The fourth-order valence-corrected chi connectivity index (χ4v) is 3.28. The second-order valence-corrected chi connectivity index (χ2v) is 6.51. The van der Waals surface area contributed by atoms with E-state index in [-0.39, 0.29) is 30.4 Å². The molecule has 1 aromatic rings. The lowest BCUT2D eigenvalue weighted by Gasteiger charge is -2.28. The van der Waals surface area contributed by atoms with Crippen LogP contribution in [0.25, 0.3) is 0 Å². The summed E-state index contributed by atoms with van der Waals surface area (Å²) in [5.41, 5.74) is 8.71. The van der Waals surface area contributed by atoms with E-state index in [1.165, 1.54) is 24.0 Å². The molecule has 0 aromatic heterocycles. The van der Waals surface area contributed by atoms with Crippen LogP contribution >= 0.6 is 12.4 Å². The molecular weight excluding hydrogens is 296 g/mol. The van der Waals surface area contributed by atoms with Crippen molar-refractivity contribution in [3.63, 3.8) is 0 Å². The summed E-state index contributed by atoms with van der Waals surface area (Å²) < 4.78 is 0. The predicted molar refractivity (Wildman–Crippen MR) is 94.3 cm³/mol. The number of amides is 1. The topological polar surface area (TPSA) is 55.1 Å². The minimum absolute atomic E-state index is 0. The van der Waals surface area contributed by atoms with Crippen molar-refractivity contribution in [3.8, 4) is 0 Å². The largest absolute Gasteiger partial charge is 0.353 e. The van der Waals surface area contributed by atoms with E-state index in [4.69, 9.17) is 5.73 Å². The van der Waals surface area contributed by atoms with Gasteiger partial charge in [-0.15, -0.1) is 12.4 Å². The van der Waals surface area contributed by atoms with Gasteiger partial charge < -0.3 is 11.1 Å². The zero-order valence-electron chi connectivity index (χ0n) is 13.7. The Morgan fingerprint density at radius 2 is 2.00 bits per heavy atom. The lowest BCUT2D eigenvalue weighted by atomic mass is 9.83. The van der Waals surface area contributed by atoms with Gasteiger partial charge in [0.15, 0.2) is 0 Å². The molecule has 2 rings (SSSR count). The molecule has 0 bridgehead atoms. The number of hydrogen-bond donors (Lipinski definition) is 2. The van der Waals surface area contributed by atoms with E-state index in [2.05, 4.69) is 37.4 Å². The first-order valence-electron chi connectivity index (χ1n) is 8.15. The van der Waals surface area contributed by atoms with Crippen LogP contribution in [-0.4, -0.2) is 18.0 Å². The maximum atomic E-state index is 12.2. The fraction of sp³-hybridized carbons (Fsp3) is 0.611. The van der Waals surface area contributed by atoms with Gasteiger partial charge in [0.05, 0.1) is 0 Å². The van der Waals surface area contributed by atoms with Gasteiger partial charge in [-0.05, 0) is 50.2 Å². The van der Waals surface area contributed by atoms with Crippen LogP contribution in [0.5, 0.6) is 0 Å². The number of nitrogens with two attached hydrogens (primary N) is 1. The van der Waals surface area contributed by atoms with Crippen LogP contribution in [0.1, 0.15) is 50.2 Å². The average Bonchev–Trinajstić information content (AvgIpc) is 2.44. The van der Waals surface area contributed by atoms with Crippen molar-refractivity contribution >= 4 is 18.3 Å². The Bertz CT molecular complexity index is 478. The molecule has 0 radical (unpaired) electrons. The van der Waals surface area contributed by atoms with Crippen LogP contribution in [-0.2, 0) is 11.2 Å². The van der Waals surface area contributed by atoms with E-state index in [0.29, 0.717) is 12.3 Å². The molecule has 124 valence electrons. The Balaban J connectivity index is 0.00000242. The van der Waals surface area contributed by atoms with Crippen molar-refractivity contribution < 1.29 is 4.79 Å². The van der Waals surface area contributed by atoms with Crippen LogP contribution in [0.2, 0.25) is 0 Å². The van der Waals surface area contributed by atoms with Gasteiger partial charge in [0.1, 0.15) is 0 Å². The number of carbonyl (C=O) groups excluding carboxylic acids is 1. The van der Waals surface area contributed by atoms with E-state index in [0.717, 1.165) is 19.3 Å². The molecule has 0 spiro atoms. The van der Waals surface area contributed by atoms with Gasteiger partial charge in [-0.1, -0.05) is 37.1 Å². The third kappa shape index (κ3) is 5.62. The van der Waals surface area contributed by atoms with Gasteiger partial charge in [-0.2, -0.15) is 0 Å². The molecule has 3 atom stereocenters. The molecule has 3 N–H and O–H groups in total. The summed E-state index contributed by atoms with van der Waals surface area (Å²) in [7, 11) is 0. The summed E-state index contributed by atoms with van der Waals surface area (Å²) in [6.45, 7) is 4.19. The number of benzene rings is 1. The molecule has 4 heteroatoms. The molecule has 3 unspecified atom stereocenters. The van der Waals surface area contributed by atoms with E-state index in [1.807, 2.05) is 6.07 Å². The zero-order valence-corrected chi connectivity index (χ0v) is 14.5. The first-order valence-corrected chi connectivity index (χ1v) is 8.15.